The lowest BCUT2D eigenvalue weighted by Gasteiger charge is -2.42. The predicted octanol–water partition coefficient (Wildman–Crippen LogP) is 13.6. The minimum Gasteiger partial charge on any atom is -0.310 e. The zero-order valence-corrected chi connectivity index (χ0v) is 30.4. The van der Waals surface area contributed by atoms with Gasteiger partial charge in [-0.1, -0.05) is 153 Å². The van der Waals surface area contributed by atoms with Gasteiger partial charge in [0.15, 0.2) is 0 Å². The number of fused-ring (bicyclic) bond motifs is 12. The third-order valence-corrected chi connectivity index (χ3v) is 12.2. The van der Waals surface area contributed by atoms with Gasteiger partial charge >= 0.3 is 0 Å². The molecule has 0 aromatic heterocycles. The molecule has 0 saturated heterocycles. The Morgan fingerprint density at radius 1 is 0.352 bits per heavy atom. The fraction of sp³-hybridized carbons (Fsp3) is 0.0769. The van der Waals surface area contributed by atoms with Crippen LogP contribution in [0.25, 0.3) is 22.3 Å². The highest BCUT2D eigenvalue weighted by Crippen LogP contribution is 2.66. The molecule has 54 heavy (non-hydrogen) atoms. The van der Waals surface area contributed by atoms with Gasteiger partial charge in [-0.15, -0.1) is 0 Å². The largest absolute Gasteiger partial charge is 0.310 e. The van der Waals surface area contributed by atoms with Crippen molar-refractivity contribution in [1.29, 1.82) is 0 Å². The van der Waals surface area contributed by atoms with Crippen LogP contribution in [0.3, 0.4) is 0 Å². The monoisotopic (exact) mass is 690 g/mol. The molecule has 3 aliphatic rings. The molecule has 1 heterocycles. The van der Waals surface area contributed by atoms with Gasteiger partial charge in [0.2, 0.25) is 0 Å². The van der Waals surface area contributed by atoms with Crippen LogP contribution in [-0.2, 0) is 10.8 Å². The van der Waals surface area contributed by atoms with Crippen molar-refractivity contribution in [3.8, 4) is 22.3 Å². The van der Waals surface area contributed by atoms with Crippen LogP contribution in [0.5, 0.6) is 0 Å². The third-order valence-electron chi connectivity index (χ3n) is 12.2. The molecule has 0 saturated carbocycles. The van der Waals surface area contributed by atoms with E-state index in [2.05, 4.69) is 218 Å². The van der Waals surface area contributed by atoms with Gasteiger partial charge in [0.05, 0.1) is 22.5 Å². The van der Waals surface area contributed by atoms with Crippen molar-refractivity contribution < 1.29 is 0 Å². The second kappa shape index (κ2) is 11.4. The van der Waals surface area contributed by atoms with E-state index >= 15 is 0 Å². The normalized spacial score (nSPS) is 16.5. The molecule has 2 nitrogen and oxygen atoms in total. The molecule has 1 unspecified atom stereocenters. The lowest BCUT2D eigenvalue weighted by Crippen LogP contribution is -2.31. The summed E-state index contributed by atoms with van der Waals surface area (Å²) >= 11 is 0. The molecule has 8 aromatic carbocycles. The molecule has 0 bridgehead atoms. The third kappa shape index (κ3) is 4.06. The maximum Gasteiger partial charge on any atom is 0.0727 e. The summed E-state index contributed by atoms with van der Waals surface area (Å²) in [6.45, 7) is 4.72. The van der Waals surface area contributed by atoms with E-state index in [4.69, 9.17) is 0 Å². The summed E-state index contributed by atoms with van der Waals surface area (Å²) in [7, 11) is 0. The molecule has 1 atom stereocenters. The minimum atomic E-state index is -0.503. The maximum absolute atomic E-state index is 2.54. The van der Waals surface area contributed by atoms with E-state index in [0.717, 1.165) is 17.1 Å². The molecular formula is C52H38N2. The lowest BCUT2D eigenvalue weighted by atomic mass is 9.70. The van der Waals surface area contributed by atoms with E-state index in [1.807, 2.05) is 0 Å². The van der Waals surface area contributed by atoms with Crippen LogP contribution < -0.4 is 9.80 Å². The second-order valence-corrected chi connectivity index (χ2v) is 15.3. The molecule has 2 aliphatic carbocycles. The Morgan fingerprint density at radius 3 is 1.44 bits per heavy atom. The van der Waals surface area contributed by atoms with Crippen LogP contribution in [0.4, 0.5) is 34.1 Å². The fourth-order valence-electron chi connectivity index (χ4n) is 10.0. The van der Waals surface area contributed by atoms with Crippen LogP contribution in [-0.4, -0.2) is 0 Å². The van der Waals surface area contributed by atoms with Gasteiger partial charge < -0.3 is 9.80 Å². The summed E-state index contributed by atoms with van der Waals surface area (Å²) in [5.41, 5.74) is 19.6. The number of hydrogen-bond donors (Lipinski definition) is 0. The minimum absolute atomic E-state index is 0.135. The van der Waals surface area contributed by atoms with Crippen molar-refractivity contribution in [3.05, 3.63) is 228 Å². The first-order chi connectivity index (χ1) is 26.6. The SMILES string of the molecule is CC1(C)c2ccccc2N(c2cccc3c2-c2ccccc2C32c3ccccc3-c3ccc(N(c4ccccc4)c4ccccc4)cc32)c2ccccc21. The standard InChI is InChI=1S/C52H38N2/c1-51(2)43-26-13-15-29-47(43)54(48-30-16-14-27-44(48)51)49-31-17-28-45-50(49)40-23-10-12-25-42(40)52(45)41-24-11-9-22-38(41)39-33-32-37(34-46(39)52)53(35-18-5-3-6-19-35)36-20-7-4-8-21-36/h3-34H,1-2H3. The van der Waals surface area contributed by atoms with Crippen molar-refractivity contribution in [1.82, 2.24) is 0 Å². The Kier molecular flexibility index (Phi) is 6.55. The number of rotatable bonds is 4. The zero-order chi connectivity index (χ0) is 36.0. The Labute approximate surface area is 317 Å². The molecule has 0 amide bonds. The van der Waals surface area contributed by atoms with Crippen molar-refractivity contribution in [2.45, 2.75) is 24.7 Å². The first-order valence-electron chi connectivity index (χ1n) is 19.0. The van der Waals surface area contributed by atoms with Crippen LogP contribution >= 0.6 is 0 Å². The Hall–Kier alpha value is -6.64. The average Bonchev–Trinajstić information content (AvgIpc) is 3.69. The summed E-state index contributed by atoms with van der Waals surface area (Å²) in [4.78, 5) is 4.92. The predicted molar refractivity (Wildman–Crippen MR) is 224 cm³/mol. The Balaban J connectivity index is 1.21. The Bertz CT molecular complexity index is 2670. The first-order valence-corrected chi connectivity index (χ1v) is 19.0. The molecule has 0 N–H and O–H groups in total. The van der Waals surface area contributed by atoms with Gasteiger partial charge in [0, 0.05) is 28.0 Å². The molecule has 0 radical (unpaired) electrons. The summed E-state index contributed by atoms with van der Waals surface area (Å²) < 4.78 is 0. The van der Waals surface area contributed by atoms with Gasteiger partial charge in [-0.3, -0.25) is 0 Å². The second-order valence-electron chi connectivity index (χ2n) is 15.3. The molecule has 11 rings (SSSR count). The fourth-order valence-corrected chi connectivity index (χ4v) is 10.0. The highest BCUT2D eigenvalue weighted by atomic mass is 15.2. The number of para-hydroxylation sites is 4. The van der Waals surface area contributed by atoms with Crippen LogP contribution in [0.1, 0.15) is 47.2 Å². The van der Waals surface area contributed by atoms with Crippen LogP contribution in [0.2, 0.25) is 0 Å². The van der Waals surface area contributed by atoms with Crippen LogP contribution in [0.15, 0.2) is 194 Å². The lowest BCUT2D eigenvalue weighted by molar-refractivity contribution is 0.632. The molecular weight excluding hydrogens is 653 g/mol. The van der Waals surface area contributed by atoms with E-state index in [0.29, 0.717) is 0 Å². The first kappa shape index (κ1) is 30.9. The summed E-state index contributed by atoms with van der Waals surface area (Å²) in [6, 6.07) is 71.9. The van der Waals surface area contributed by atoms with E-state index in [9.17, 15) is 0 Å². The van der Waals surface area contributed by atoms with E-state index in [1.54, 1.807) is 0 Å². The van der Waals surface area contributed by atoms with E-state index in [1.165, 1.54) is 72.7 Å². The molecule has 1 spiro atoms. The van der Waals surface area contributed by atoms with Gasteiger partial charge in [0.1, 0.15) is 0 Å². The molecule has 0 fully saturated rings. The zero-order valence-electron chi connectivity index (χ0n) is 30.4. The summed E-state index contributed by atoms with van der Waals surface area (Å²) in [5.74, 6) is 0. The van der Waals surface area contributed by atoms with Crippen LogP contribution in [0, 0.1) is 0 Å². The van der Waals surface area contributed by atoms with Crippen molar-refractivity contribution in [2.24, 2.45) is 0 Å². The molecule has 1 aliphatic heterocycles. The topological polar surface area (TPSA) is 6.48 Å². The van der Waals surface area contributed by atoms with E-state index < -0.39 is 5.41 Å². The highest BCUT2D eigenvalue weighted by Gasteiger charge is 2.53. The van der Waals surface area contributed by atoms with Crippen molar-refractivity contribution in [3.63, 3.8) is 0 Å². The Morgan fingerprint density at radius 2 is 0.815 bits per heavy atom. The van der Waals surface area contributed by atoms with Gasteiger partial charge in [-0.2, -0.15) is 0 Å². The smallest absolute Gasteiger partial charge is 0.0727 e. The average molecular weight is 691 g/mol. The van der Waals surface area contributed by atoms with Crippen molar-refractivity contribution in [2.75, 3.05) is 9.80 Å². The number of benzene rings is 8. The summed E-state index contributed by atoms with van der Waals surface area (Å²) in [6.07, 6.45) is 0. The molecule has 2 heteroatoms. The molecule has 256 valence electrons. The highest BCUT2D eigenvalue weighted by molar-refractivity contribution is 6.02. The maximum atomic E-state index is 2.54. The number of nitrogens with zero attached hydrogens (tertiary/aromatic N) is 2. The van der Waals surface area contributed by atoms with Gasteiger partial charge in [-0.05, 0) is 105 Å². The van der Waals surface area contributed by atoms with Crippen molar-refractivity contribution >= 4 is 34.1 Å². The van der Waals surface area contributed by atoms with E-state index in [-0.39, 0.29) is 5.41 Å². The number of anilines is 6. The molecule has 8 aromatic rings. The van der Waals surface area contributed by atoms with Gasteiger partial charge in [0.25, 0.3) is 0 Å². The summed E-state index contributed by atoms with van der Waals surface area (Å²) in [5, 5.41) is 0. The van der Waals surface area contributed by atoms with Gasteiger partial charge in [-0.25, -0.2) is 0 Å². The number of hydrogen-bond acceptors (Lipinski definition) is 2. The quantitative estimate of drug-likeness (QED) is 0.181.